The Morgan fingerprint density at radius 2 is 1.86 bits per heavy atom. The Morgan fingerprint density at radius 3 is 2.52 bits per heavy atom. The van der Waals surface area contributed by atoms with Crippen LogP contribution in [0.5, 0.6) is 0 Å². The van der Waals surface area contributed by atoms with Crippen LogP contribution in [-0.4, -0.2) is 23.5 Å². The zero-order chi connectivity index (χ0) is 15.2. The fourth-order valence-corrected chi connectivity index (χ4v) is 3.08. The summed E-state index contributed by atoms with van der Waals surface area (Å²) in [7, 11) is 0. The standard InChI is InChI=1S/C17H23NO3/c1-12-6-2-3-7-13(12)10-11-18-16(19)14-8-4-5-9-15(14)17(20)21/h2-3,6-7,14-15H,4-5,8-11H2,1H3,(H,18,19)(H,20,21). The second kappa shape index (κ2) is 7.25. The van der Waals surface area contributed by atoms with Gasteiger partial charge in [0.05, 0.1) is 11.8 Å². The van der Waals surface area contributed by atoms with Crippen molar-refractivity contribution in [3.8, 4) is 0 Å². The molecule has 1 fully saturated rings. The summed E-state index contributed by atoms with van der Waals surface area (Å²) in [5.41, 5.74) is 2.43. The average molecular weight is 289 g/mol. The maximum atomic E-state index is 12.2. The van der Waals surface area contributed by atoms with Crippen molar-refractivity contribution in [1.29, 1.82) is 0 Å². The summed E-state index contributed by atoms with van der Waals surface area (Å²) >= 11 is 0. The summed E-state index contributed by atoms with van der Waals surface area (Å²) in [5.74, 6) is -1.82. The van der Waals surface area contributed by atoms with Crippen LogP contribution in [0, 0.1) is 18.8 Å². The van der Waals surface area contributed by atoms with Crippen LogP contribution in [0.4, 0.5) is 0 Å². The zero-order valence-corrected chi connectivity index (χ0v) is 12.5. The lowest BCUT2D eigenvalue weighted by molar-refractivity contribution is -0.148. The molecule has 0 aromatic heterocycles. The van der Waals surface area contributed by atoms with Gasteiger partial charge in [-0.1, -0.05) is 37.1 Å². The summed E-state index contributed by atoms with van der Waals surface area (Å²) in [6.07, 6.45) is 3.94. The summed E-state index contributed by atoms with van der Waals surface area (Å²) in [5, 5.41) is 12.1. The molecule has 0 aliphatic heterocycles. The van der Waals surface area contributed by atoms with Crippen molar-refractivity contribution in [1.82, 2.24) is 5.32 Å². The molecule has 21 heavy (non-hydrogen) atoms. The Balaban J connectivity index is 1.86. The summed E-state index contributed by atoms with van der Waals surface area (Å²) in [6.45, 7) is 2.62. The number of carboxylic acid groups (broad SMARTS) is 1. The third-order valence-electron chi connectivity index (χ3n) is 4.37. The highest BCUT2D eigenvalue weighted by atomic mass is 16.4. The molecule has 0 bridgehead atoms. The number of nitrogens with one attached hydrogen (secondary N) is 1. The van der Waals surface area contributed by atoms with Gasteiger partial charge in [0, 0.05) is 6.54 Å². The number of benzene rings is 1. The third kappa shape index (κ3) is 4.06. The van der Waals surface area contributed by atoms with Crippen molar-refractivity contribution in [2.45, 2.75) is 39.0 Å². The highest BCUT2D eigenvalue weighted by Crippen LogP contribution is 2.30. The first-order chi connectivity index (χ1) is 10.1. The predicted molar refractivity (Wildman–Crippen MR) is 81.0 cm³/mol. The Morgan fingerprint density at radius 1 is 1.19 bits per heavy atom. The summed E-state index contributed by atoms with van der Waals surface area (Å²) < 4.78 is 0. The van der Waals surface area contributed by atoms with Gasteiger partial charge in [0.1, 0.15) is 0 Å². The fourth-order valence-electron chi connectivity index (χ4n) is 3.08. The van der Waals surface area contributed by atoms with Crippen LogP contribution in [0.1, 0.15) is 36.8 Å². The number of aliphatic carboxylic acids is 1. The van der Waals surface area contributed by atoms with E-state index in [2.05, 4.69) is 24.4 Å². The van der Waals surface area contributed by atoms with Crippen LogP contribution >= 0.6 is 0 Å². The molecule has 1 amide bonds. The van der Waals surface area contributed by atoms with Crippen LogP contribution in [0.25, 0.3) is 0 Å². The Kier molecular flexibility index (Phi) is 5.37. The second-order valence-electron chi connectivity index (χ2n) is 5.80. The van der Waals surface area contributed by atoms with Crippen molar-refractivity contribution in [3.63, 3.8) is 0 Å². The third-order valence-corrected chi connectivity index (χ3v) is 4.37. The van der Waals surface area contributed by atoms with E-state index in [1.165, 1.54) is 11.1 Å². The molecule has 1 aliphatic rings. The van der Waals surface area contributed by atoms with Gasteiger partial charge in [-0.2, -0.15) is 0 Å². The molecule has 114 valence electrons. The van der Waals surface area contributed by atoms with Crippen LogP contribution in [0.2, 0.25) is 0 Å². The topological polar surface area (TPSA) is 66.4 Å². The first-order valence-electron chi connectivity index (χ1n) is 7.64. The van der Waals surface area contributed by atoms with E-state index in [0.717, 1.165) is 19.3 Å². The molecule has 0 saturated heterocycles. The number of rotatable bonds is 5. The number of carboxylic acids is 1. The Hall–Kier alpha value is -1.84. The molecule has 1 aliphatic carbocycles. The number of carbonyl (C=O) groups is 2. The fraction of sp³-hybridized carbons (Fsp3) is 0.529. The smallest absolute Gasteiger partial charge is 0.307 e. The molecule has 0 radical (unpaired) electrons. The van der Waals surface area contributed by atoms with Crippen LogP contribution in [-0.2, 0) is 16.0 Å². The molecular formula is C17H23NO3. The first kappa shape index (κ1) is 15.5. The first-order valence-corrected chi connectivity index (χ1v) is 7.64. The highest BCUT2D eigenvalue weighted by Gasteiger charge is 2.35. The number of amides is 1. The van der Waals surface area contributed by atoms with E-state index in [4.69, 9.17) is 0 Å². The van der Waals surface area contributed by atoms with Crippen molar-refractivity contribution in [2.24, 2.45) is 11.8 Å². The highest BCUT2D eigenvalue weighted by molar-refractivity contribution is 5.84. The Bertz CT molecular complexity index is 513. The molecule has 4 nitrogen and oxygen atoms in total. The normalized spacial score (nSPS) is 21.8. The largest absolute Gasteiger partial charge is 0.481 e. The van der Waals surface area contributed by atoms with Gasteiger partial charge < -0.3 is 10.4 Å². The molecule has 2 atom stereocenters. The van der Waals surface area contributed by atoms with Crippen molar-refractivity contribution in [2.75, 3.05) is 6.54 Å². The molecule has 2 rings (SSSR count). The number of hydrogen-bond acceptors (Lipinski definition) is 2. The monoisotopic (exact) mass is 289 g/mol. The van der Waals surface area contributed by atoms with Gasteiger partial charge in [-0.05, 0) is 37.3 Å². The van der Waals surface area contributed by atoms with E-state index in [1.807, 2.05) is 12.1 Å². The molecule has 0 heterocycles. The number of aryl methyl sites for hydroxylation is 1. The van der Waals surface area contributed by atoms with Crippen molar-refractivity contribution >= 4 is 11.9 Å². The lowest BCUT2D eigenvalue weighted by Gasteiger charge is -2.27. The summed E-state index contributed by atoms with van der Waals surface area (Å²) in [6, 6.07) is 8.10. The van der Waals surface area contributed by atoms with E-state index in [1.54, 1.807) is 0 Å². The zero-order valence-electron chi connectivity index (χ0n) is 12.5. The van der Waals surface area contributed by atoms with Crippen molar-refractivity contribution < 1.29 is 14.7 Å². The molecule has 0 spiro atoms. The van der Waals surface area contributed by atoms with Gasteiger partial charge in [0.25, 0.3) is 0 Å². The van der Waals surface area contributed by atoms with E-state index >= 15 is 0 Å². The minimum atomic E-state index is -0.839. The maximum absolute atomic E-state index is 12.2. The van der Waals surface area contributed by atoms with Crippen LogP contribution < -0.4 is 5.32 Å². The Labute approximate surface area is 125 Å². The van der Waals surface area contributed by atoms with E-state index in [-0.39, 0.29) is 11.8 Å². The van der Waals surface area contributed by atoms with Crippen LogP contribution in [0.15, 0.2) is 24.3 Å². The van der Waals surface area contributed by atoms with Crippen LogP contribution in [0.3, 0.4) is 0 Å². The molecule has 1 aromatic rings. The quantitative estimate of drug-likeness (QED) is 0.875. The van der Waals surface area contributed by atoms with Gasteiger partial charge in [0.15, 0.2) is 0 Å². The predicted octanol–water partition coefficient (Wildman–Crippen LogP) is 2.54. The van der Waals surface area contributed by atoms with Gasteiger partial charge in [-0.25, -0.2) is 0 Å². The van der Waals surface area contributed by atoms with Gasteiger partial charge in [-0.3, -0.25) is 9.59 Å². The van der Waals surface area contributed by atoms with Gasteiger partial charge in [0.2, 0.25) is 5.91 Å². The number of hydrogen-bond donors (Lipinski definition) is 2. The minimum absolute atomic E-state index is 0.101. The SMILES string of the molecule is Cc1ccccc1CCNC(=O)C1CCCCC1C(=O)O. The van der Waals surface area contributed by atoms with Gasteiger partial charge in [-0.15, -0.1) is 0 Å². The molecule has 2 unspecified atom stereocenters. The molecule has 1 saturated carbocycles. The molecule has 2 N–H and O–H groups in total. The molecule has 4 heteroatoms. The molecule has 1 aromatic carbocycles. The lowest BCUT2D eigenvalue weighted by Crippen LogP contribution is -2.40. The summed E-state index contributed by atoms with van der Waals surface area (Å²) in [4.78, 5) is 23.4. The van der Waals surface area contributed by atoms with Crippen molar-refractivity contribution in [3.05, 3.63) is 35.4 Å². The average Bonchev–Trinajstić information content (AvgIpc) is 2.49. The van der Waals surface area contributed by atoms with E-state index in [0.29, 0.717) is 19.4 Å². The second-order valence-corrected chi connectivity index (χ2v) is 5.80. The molecular weight excluding hydrogens is 266 g/mol. The number of carbonyl (C=O) groups excluding carboxylic acids is 1. The van der Waals surface area contributed by atoms with E-state index in [9.17, 15) is 14.7 Å². The van der Waals surface area contributed by atoms with Gasteiger partial charge >= 0.3 is 5.97 Å². The minimum Gasteiger partial charge on any atom is -0.481 e. The maximum Gasteiger partial charge on any atom is 0.307 e. The van der Waals surface area contributed by atoms with E-state index < -0.39 is 11.9 Å². The lowest BCUT2D eigenvalue weighted by atomic mass is 9.78.